The Kier molecular flexibility index (Phi) is 6.86. The van der Waals surface area contributed by atoms with Gasteiger partial charge < -0.3 is 16.0 Å². The summed E-state index contributed by atoms with van der Waals surface area (Å²) in [6, 6.07) is -0.537. The molecule has 0 aromatic carbocycles. The van der Waals surface area contributed by atoms with E-state index in [1.54, 1.807) is 6.92 Å². The zero-order valence-corrected chi connectivity index (χ0v) is 14.0. The average Bonchev–Trinajstić information content (AvgIpc) is 3.36. The van der Waals surface area contributed by atoms with Crippen LogP contribution in [0, 0.1) is 11.8 Å². The van der Waals surface area contributed by atoms with E-state index in [9.17, 15) is 14.4 Å². The fourth-order valence-electron chi connectivity index (χ4n) is 3.03. The van der Waals surface area contributed by atoms with Crippen LogP contribution in [-0.4, -0.2) is 36.9 Å². The van der Waals surface area contributed by atoms with Crippen molar-refractivity contribution in [2.45, 2.75) is 64.3 Å². The van der Waals surface area contributed by atoms with Gasteiger partial charge in [0.2, 0.25) is 17.7 Å². The summed E-state index contributed by atoms with van der Waals surface area (Å²) in [7, 11) is 0. The SMILES string of the molecule is CC(NC(=O)CC1CCCCC1)C(=O)NCCNC(=O)C1CC1. The fourth-order valence-corrected chi connectivity index (χ4v) is 3.03. The van der Waals surface area contributed by atoms with Crippen LogP contribution in [0.15, 0.2) is 0 Å². The summed E-state index contributed by atoms with van der Waals surface area (Å²) in [5.74, 6) is 0.484. The lowest BCUT2D eigenvalue weighted by atomic mass is 9.87. The molecule has 2 saturated carbocycles. The van der Waals surface area contributed by atoms with Gasteiger partial charge in [0.25, 0.3) is 0 Å². The van der Waals surface area contributed by atoms with E-state index < -0.39 is 6.04 Å². The third-order valence-corrected chi connectivity index (χ3v) is 4.64. The standard InChI is InChI=1S/C17H29N3O3/c1-12(20-15(21)11-13-5-3-2-4-6-13)16(22)18-9-10-19-17(23)14-7-8-14/h12-14H,2-11H2,1H3,(H,18,22)(H,19,23)(H,20,21). The molecule has 0 radical (unpaired) electrons. The van der Waals surface area contributed by atoms with Gasteiger partial charge in [0.15, 0.2) is 0 Å². The van der Waals surface area contributed by atoms with E-state index >= 15 is 0 Å². The maximum atomic E-state index is 12.0. The second-order valence-electron chi connectivity index (χ2n) is 6.85. The molecular weight excluding hydrogens is 294 g/mol. The molecule has 0 aromatic rings. The molecule has 6 nitrogen and oxygen atoms in total. The summed E-state index contributed by atoms with van der Waals surface area (Å²) >= 11 is 0. The number of hydrogen-bond acceptors (Lipinski definition) is 3. The second-order valence-corrected chi connectivity index (χ2v) is 6.85. The van der Waals surface area contributed by atoms with E-state index in [-0.39, 0.29) is 23.6 Å². The van der Waals surface area contributed by atoms with Crippen molar-refractivity contribution in [1.29, 1.82) is 0 Å². The Hall–Kier alpha value is -1.59. The highest BCUT2D eigenvalue weighted by atomic mass is 16.2. The molecule has 0 bridgehead atoms. The number of nitrogens with one attached hydrogen (secondary N) is 3. The van der Waals surface area contributed by atoms with E-state index in [1.165, 1.54) is 19.3 Å². The highest BCUT2D eigenvalue weighted by Gasteiger charge is 2.29. The number of hydrogen-bond donors (Lipinski definition) is 3. The summed E-state index contributed by atoms with van der Waals surface area (Å²) < 4.78 is 0. The molecule has 0 saturated heterocycles. The van der Waals surface area contributed by atoms with Gasteiger partial charge in [-0.3, -0.25) is 14.4 Å². The van der Waals surface area contributed by atoms with Gasteiger partial charge in [0, 0.05) is 25.4 Å². The first kappa shape index (κ1) is 17.8. The molecule has 2 aliphatic carbocycles. The number of carbonyl (C=O) groups is 3. The van der Waals surface area contributed by atoms with Crippen LogP contribution in [0.2, 0.25) is 0 Å². The van der Waals surface area contributed by atoms with Gasteiger partial charge in [-0.05, 0) is 38.5 Å². The van der Waals surface area contributed by atoms with Crippen LogP contribution < -0.4 is 16.0 Å². The first-order valence-corrected chi connectivity index (χ1v) is 8.91. The molecule has 0 spiro atoms. The minimum absolute atomic E-state index is 0.0402. The van der Waals surface area contributed by atoms with Crippen LogP contribution in [0.3, 0.4) is 0 Å². The minimum Gasteiger partial charge on any atom is -0.354 e. The van der Waals surface area contributed by atoms with Crippen LogP contribution in [0.1, 0.15) is 58.3 Å². The molecule has 2 aliphatic rings. The molecule has 0 aromatic heterocycles. The lowest BCUT2D eigenvalue weighted by molar-refractivity contribution is -0.129. The molecule has 0 heterocycles. The van der Waals surface area contributed by atoms with Crippen molar-refractivity contribution in [3.63, 3.8) is 0 Å². The molecule has 23 heavy (non-hydrogen) atoms. The Labute approximate surface area is 138 Å². The summed E-state index contributed by atoms with van der Waals surface area (Å²) in [6.45, 7) is 2.51. The zero-order valence-electron chi connectivity index (χ0n) is 14.0. The summed E-state index contributed by atoms with van der Waals surface area (Å²) in [4.78, 5) is 35.3. The molecule has 3 amide bonds. The van der Waals surface area contributed by atoms with Gasteiger partial charge in [-0.2, -0.15) is 0 Å². The molecule has 1 unspecified atom stereocenters. The first-order valence-electron chi connectivity index (χ1n) is 8.91. The Morgan fingerprint density at radius 3 is 2.26 bits per heavy atom. The van der Waals surface area contributed by atoms with Crippen molar-refractivity contribution in [3.05, 3.63) is 0 Å². The molecule has 6 heteroatoms. The molecule has 2 fully saturated rings. The lowest BCUT2D eigenvalue weighted by Gasteiger charge is -2.22. The quantitative estimate of drug-likeness (QED) is 0.585. The van der Waals surface area contributed by atoms with E-state index in [0.29, 0.717) is 25.4 Å². The smallest absolute Gasteiger partial charge is 0.242 e. The van der Waals surface area contributed by atoms with Gasteiger partial charge >= 0.3 is 0 Å². The normalized spacial score (nSPS) is 19.7. The number of carbonyl (C=O) groups excluding carboxylic acids is 3. The van der Waals surface area contributed by atoms with E-state index in [1.807, 2.05) is 0 Å². The van der Waals surface area contributed by atoms with Gasteiger partial charge in [-0.25, -0.2) is 0 Å². The third kappa shape index (κ3) is 6.59. The number of rotatable bonds is 8. The van der Waals surface area contributed by atoms with Gasteiger partial charge in [0.05, 0.1) is 0 Å². The largest absolute Gasteiger partial charge is 0.354 e. The number of amides is 3. The Morgan fingerprint density at radius 2 is 1.61 bits per heavy atom. The lowest BCUT2D eigenvalue weighted by Crippen LogP contribution is -2.47. The maximum absolute atomic E-state index is 12.0. The molecular formula is C17H29N3O3. The van der Waals surface area contributed by atoms with Crippen LogP contribution in [0.5, 0.6) is 0 Å². The first-order chi connectivity index (χ1) is 11.1. The Morgan fingerprint density at radius 1 is 0.957 bits per heavy atom. The van der Waals surface area contributed by atoms with Crippen LogP contribution >= 0.6 is 0 Å². The molecule has 130 valence electrons. The highest BCUT2D eigenvalue weighted by molar-refractivity contribution is 5.87. The third-order valence-electron chi connectivity index (χ3n) is 4.64. The summed E-state index contributed by atoms with van der Waals surface area (Å²) in [5.41, 5.74) is 0. The van der Waals surface area contributed by atoms with Gasteiger partial charge in [0.1, 0.15) is 6.04 Å². The Balaban J connectivity index is 1.55. The molecule has 0 aliphatic heterocycles. The summed E-state index contributed by atoms with van der Waals surface area (Å²) in [6.07, 6.45) is 8.40. The van der Waals surface area contributed by atoms with Crippen molar-refractivity contribution >= 4 is 17.7 Å². The zero-order chi connectivity index (χ0) is 16.7. The average molecular weight is 323 g/mol. The topological polar surface area (TPSA) is 87.3 Å². The Bertz CT molecular complexity index is 429. The van der Waals surface area contributed by atoms with Crippen molar-refractivity contribution in [3.8, 4) is 0 Å². The minimum atomic E-state index is -0.537. The fraction of sp³-hybridized carbons (Fsp3) is 0.824. The van der Waals surface area contributed by atoms with Crippen LogP contribution in [0.25, 0.3) is 0 Å². The van der Waals surface area contributed by atoms with E-state index in [0.717, 1.165) is 25.7 Å². The predicted molar refractivity (Wildman–Crippen MR) is 87.5 cm³/mol. The van der Waals surface area contributed by atoms with Crippen LogP contribution in [0.4, 0.5) is 0 Å². The van der Waals surface area contributed by atoms with Crippen molar-refractivity contribution in [2.24, 2.45) is 11.8 Å². The van der Waals surface area contributed by atoms with E-state index in [4.69, 9.17) is 0 Å². The van der Waals surface area contributed by atoms with Gasteiger partial charge in [-0.15, -0.1) is 0 Å². The van der Waals surface area contributed by atoms with Crippen molar-refractivity contribution < 1.29 is 14.4 Å². The molecule has 2 rings (SSSR count). The van der Waals surface area contributed by atoms with Crippen molar-refractivity contribution in [1.82, 2.24) is 16.0 Å². The molecule has 1 atom stereocenters. The van der Waals surface area contributed by atoms with Crippen LogP contribution in [-0.2, 0) is 14.4 Å². The monoisotopic (exact) mass is 323 g/mol. The van der Waals surface area contributed by atoms with Gasteiger partial charge in [-0.1, -0.05) is 19.3 Å². The predicted octanol–water partition coefficient (Wildman–Crippen LogP) is 1.10. The maximum Gasteiger partial charge on any atom is 0.242 e. The second kappa shape index (κ2) is 8.89. The molecule has 3 N–H and O–H groups in total. The summed E-state index contributed by atoms with van der Waals surface area (Å²) in [5, 5.41) is 8.30. The highest BCUT2D eigenvalue weighted by Crippen LogP contribution is 2.28. The van der Waals surface area contributed by atoms with E-state index in [2.05, 4.69) is 16.0 Å². The van der Waals surface area contributed by atoms with Crippen molar-refractivity contribution in [2.75, 3.05) is 13.1 Å².